The van der Waals surface area contributed by atoms with Gasteiger partial charge in [-0.1, -0.05) is 270 Å². The molecule has 1 aliphatic rings. The highest BCUT2D eigenvalue weighted by Crippen LogP contribution is 2.26. The van der Waals surface area contributed by atoms with Crippen LogP contribution < -0.4 is 5.32 Å². The summed E-state index contributed by atoms with van der Waals surface area (Å²) in [4.78, 5) is 26.6. The van der Waals surface area contributed by atoms with Crippen LogP contribution in [0.1, 0.15) is 233 Å². The summed E-state index contributed by atoms with van der Waals surface area (Å²) in [5, 5.41) is 57.1. The van der Waals surface area contributed by atoms with Gasteiger partial charge in [0.25, 0.3) is 0 Å². The number of ether oxygens (including phenoxy) is 3. The van der Waals surface area contributed by atoms with Crippen molar-refractivity contribution in [2.75, 3.05) is 13.2 Å². The van der Waals surface area contributed by atoms with Crippen molar-refractivity contribution in [2.45, 2.75) is 282 Å². The minimum Gasteiger partial charge on any atom is -0.454 e. The first-order valence-electron chi connectivity index (χ1n) is 32.0. The average Bonchev–Trinajstić information content (AvgIpc) is 3.46. The number of rotatable bonds is 52. The van der Waals surface area contributed by atoms with Crippen LogP contribution in [-0.2, 0) is 23.8 Å². The maximum Gasteiger partial charge on any atom is 0.306 e. The molecule has 8 atom stereocenters. The molecule has 6 N–H and O–H groups in total. The molecular formula is C70H115NO10. The van der Waals surface area contributed by atoms with Gasteiger partial charge in [-0.25, -0.2) is 0 Å². The summed E-state index contributed by atoms with van der Waals surface area (Å²) in [5.74, 6) is -1.26. The fourth-order valence-electron chi connectivity index (χ4n) is 9.14. The van der Waals surface area contributed by atoms with Crippen molar-refractivity contribution in [2.24, 2.45) is 0 Å². The minimum atomic E-state index is -1.64. The van der Waals surface area contributed by atoms with Crippen molar-refractivity contribution in [3.8, 4) is 0 Å². The Hall–Kier alpha value is -4.20. The molecule has 0 aliphatic carbocycles. The van der Waals surface area contributed by atoms with Crippen molar-refractivity contribution in [3.63, 3.8) is 0 Å². The van der Waals surface area contributed by atoms with Gasteiger partial charge in [-0.15, -0.1) is 0 Å². The fraction of sp³-hybridized carbons (Fsp3) is 0.657. The second-order valence-electron chi connectivity index (χ2n) is 21.6. The van der Waals surface area contributed by atoms with Gasteiger partial charge < -0.3 is 45.1 Å². The summed E-state index contributed by atoms with van der Waals surface area (Å²) in [5.41, 5.74) is 0. The molecule has 0 radical (unpaired) electrons. The minimum absolute atomic E-state index is 0.0629. The molecule has 1 saturated heterocycles. The third kappa shape index (κ3) is 44.1. The number of unbranched alkanes of at least 4 members (excludes halogenated alkanes) is 23. The van der Waals surface area contributed by atoms with Gasteiger partial charge in [0.05, 0.1) is 25.4 Å². The fourth-order valence-corrected chi connectivity index (χ4v) is 9.14. The van der Waals surface area contributed by atoms with Crippen LogP contribution in [0.15, 0.2) is 134 Å². The topological polar surface area (TPSA) is 175 Å². The number of aliphatic hydroxyl groups excluding tert-OH is 5. The third-order valence-corrected chi connectivity index (χ3v) is 14.2. The zero-order chi connectivity index (χ0) is 58.9. The molecule has 81 heavy (non-hydrogen) atoms. The molecule has 11 heteroatoms. The van der Waals surface area contributed by atoms with E-state index >= 15 is 0 Å². The van der Waals surface area contributed by atoms with Gasteiger partial charge in [0.15, 0.2) is 12.4 Å². The van der Waals surface area contributed by atoms with Crippen molar-refractivity contribution in [1.82, 2.24) is 5.32 Å². The predicted molar refractivity (Wildman–Crippen MR) is 337 cm³/mol. The number of amides is 1. The summed E-state index contributed by atoms with van der Waals surface area (Å²) in [6, 6.07) is -1.05. The highest BCUT2D eigenvalue weighted by Gasteiger charge is 2.47. The van der Waals surface area contributed by atoms with E-state index in [0.29, 0.717) is 12.8 Å². The molecule has 460 valence electrons. The zero-order valence-corrected chi connectivity index (χ0v) is 50.8. The van der Waals surface area contributed by atoms with Crippen LogP contribution in [0.25, 0.3) is 0 Å². The summed E-state index contributed by atoms with van der Waals surface area (Å²) in [6.45, 7) is 5.58. The molecule has 0 bridgehead atoms. The quantitative estimate of drug-likeness (QED) is 0.0149. The summed E-state index contributed by atoms with van der Waals surface area (Å²) < 4.78 is 17.6. The van der Waals surface area contributed by atoms with E-state index in [0.717, 1.165) is 109 Å². The summed E-state index contributed by atoms with van der Waals surface area (Å²) in [6.07, 6.45) is 69.0. The largest absolute Gasteiger partial charge is 0.454 e. The first-order chi connectivity index (χ1) is 39.7. The Kier molecular flexibility index (Phi) is 52.0. The van der Waals surface area contributed by atoms with Crippen LogP contribution in [0.5, 0.6) is 0 Å². The third-order valence-electron chi connectivity index (χ3n) is 14.2. The first kappa shape index (κ1) is 74.8. The van der Waals surface area contributed by atoms with Crippen LogP contribution in [0.3, 0.4) is 0 Å². The number of allylic oxidation sites excluding steroid dienone is 21. The van der Waals surface area contributed by atoms with E-state index in [1.807, 2.05) is 66.8 Å². The number of carbonyl (C=O) groups is 2. The molecular weight excluding hydrogens is 1010 g/mol. The summed E-state index contributed by atoms with van der Waals surface area (Å²) >= 11 is 0. The van der Waals surface area contributed by atoms with Crippen molar-refractivity contribution in [1.29, 1.82) is 0 Å². The maximum atomic E-state index is 13.5. The van der Waals surface area contributed by atoms with Crippen molar-refractivity contribution < 1.29 is 49.3 Å². The molecule has 1 amide bonds. The smallest absolute Gasteiger partial charge is 0.306 e. The van der Waals surface area contributed by atoms with E-state index < -0.39 is 67.4 Å². The Bertz CT molecular complexity index is 1830. The number of carbonyl (C=O) groups excluding carboxylic acids is 2. The molecule has 0 aromatic rings. The number of esters is 1. The van der Waals surface area contributed by atoms with E-state index in [1.165, 1.54) is 77.0 Å². The predicted octanol–water partition coefficient (Wildman–Crippen LogP) is 15.6. The van der Waals surface area contributed by atoms with Gasteiger partial charge in [-0.05, 0) is 89.9 Å². The van der Waals surface area contributed by atoms with Crippen LogP contribution in [0, 0.1) is 0 Å². The highest BCUT2D eigenvalue weighted by atomic mass is 16.7. The van der Waals surface area contributed by atoms with Crippen LogP contribution in [0.2, 0.25) is 0 Å². The van der Waals surface area contributed by atoms with Gasteiger partial charge in [0.2, 0.25) is 5.91 Å². The lowest BCUT2D eigenvalue weighted by atomic mass is 9.99. The van der Waals surface area contributed by atoms with Crippen LogP contribution >= 0.6 is 0 Å². The molecule has 11 nitrogen and oxygen atoms in total. The zero-order valence-electron chi connectivity index (χ0n) is 50.8. The van der Waals surface area contributed by atoms with Gasteiger partial charge in [0, 0.05) is 6.42 Å². The maximum absolute atomic E-state index is 13.5. The lowest BCUT2D eigenvalue weighted by Gasteiger charge is -2.41. The molecule has 8 unspecified atom stereocenters. The lowest BCUT2D eigenvalue weighted by Crippen LogP contribution is -2.61. The molecule has 0 saturated carbocycles. The normalized spacial score (nSPS) is 19.6. The second kappa shape index (κ2) is 56.3. The monoisotopic (exact) mass is 1130 g/mol. The number of nitrogens with one attached hydrogen (secondary N) is 1. The van der Waals surface area contributed by atoms with Gasteiger partial charge in [0.1, 0.15) is 24.4 Å². The Labute approximate surface area is 493 Å². The number of hydrogen-bond acceptors (Lipinski definition) is 10. The summed E-state index contributed by atoms with van der Waals surface area (Å²) in [7, 11) is 0. The Morgan fingerprint density at radius 2 is 0.938 bits per heavy atom. The van der Waals surface area contributed by atoms with E-state index in [-0.39, 0.29) is 19.4 Å². The van der Waals surface area contributed by atoms with Gasteiger partial charge >= 0.3 is 5.97 Å². The number of aliphatic hydroxyl groups is 5. The van der Waals surface area contributed by atoms with E-state index in [2.05, 4.69) is 86.8 Å². The Balaban J connectivity index is 2.72. The SMILES string of the molecule is CC\C=C/C=C/C=C/C=C\C=C\C=C\CCCCCC(=O)OC1C(OCC(NC(=O)C(O)CCCCCCCC/C=C\C/C=C\C/C=C\C/C=C\CCCCC)C(O)/C=C/CCCCCCCCCCCCC)OC(CO)C(O)C1O. The second-order valence-corrected chi connectivity index (χ2v) is 21.6. The van der Waals surface area contributed by atoms with Crippen molar-refractivity contribution in [3.05, 3.63) is 134 Å². The van der Waals surface area contributed by atoms with Crippen LogP contribution in [-0.4, -0.2) is 99.6 Å². The average molecular weight is 1130 g/mol. The molecule has 1 aliphatic heterocycles. The number of hydrogen-bond donors (Lipinski definition) is 6. The highest BCUT2D eigenvalue weighted by molar-refractivity contribution is 5.80. The van der Waals surface area contributed by atoms with Crippen LogP contribution in [0.4, 0.5) is 0 Å². The van der Waals surface area contributed by atoms with E-state index in [9.17, 15) is 35.1 Å². The standard InChI is InChI=1S/C70H115NO10/c1-4-7-10-13-16-19-22-25-27-29-30-31-32-33-35-36-39-42-45-48-51-54-57-63(74)69(78)71-61(62(73)56-53-50-47-44-41-38-24-21-18-15-12-9-6-3)60-79-70-68(67(77)66(76)64(59-72)80-70)81-65(75)58-55-52-49-46-43-40-37-34-28-26-23-20-17-14-11-8-5-2/h8,11,14,16-17,19-20,23,25-28,30-31,33-35,37,40,43,53,56,61-64,66-68,70,72-74,76-77H,4-7,9-10,12-13,15,18,21-22,24,29,32,36,38-39,41-42,44-52,54-55,57-60H2,1-3H3,(H,71,78)/b11-8-,17-14+,19-16-,23-20+,27-25-,28-26-,31-30-,35-33-,37-34+,43-40+,56-53+. The molecule has 0 aromatic carbocycles. The molecule has 1 rings (SSSR count). The van der Waals surface area contributed by atoms with E-state index in [4.69, 9.17) is 14.2 Å². The van der Waals surface area contributed by atoms with Gasteiger partial charge in [-0.3, -0.25) is 9.59 Å². The lowest BCUT2D eigenvalue weighted by molar-refractivity contribution is -0.305. The Morgan fingerprint density at radius 1 is 0.506 bits per heavy atom. The van der Waals surface area contributed by atoms with Crippen molar-refractivity contribution >= 4 is 11.9 Å². The van der Waals surface area contributed by atoms with E-state index in [1.54, 1.807) is 6.08 Å². The first-order valence-corrected chi connectivity index (χ1v) is 32.0. The molecule has 0 spiro atoms. The molecule has 1 heterocycles. The molecule has 1 fully saturated rings. The Morgan fingerprint density at radius 3 is 1.47 bits per heavy atom. The molecule has 0 aromatic heterocycles. The van der Waals surface area contributed by atoms with Gasteiger partial charge in [-0.2, -0.15) is 0 Å².